The minimum atomic E-state index is 0.871. The van der Waals surface area contributed by atoms with Gasteiger partial charge in [0.1, 0.15) is 0 Å². The molecule has 4 aliphatic heterocycles. The van der Waals surface area contributed by atoms with Gasteiger partial charge < -0.3 is 5.32 Å². The van der Waals surface area contributed by atoms with Crippen LogP contribution in [0.1, 0.15) is 45.4 Å². The van der Waals surface area contributed by atoms with E-state index in [1.165, 1.54) is 45.1 Å². The van der Waals surface area contributed by atoms with Crippen molar-refractivity contribution in [3.05, 3.63) is 0 Å². The summed E-state index contributed by atoms with van der Waals surface area (Å²) in [5, 5.41) is 3.76. The molecule has 80 valence electrons. The van der Waals surface area contributed by atoms with Gasteiger partial charge in [0, 0.05) is 24.2 Å². The highest BCUT2D eigenvalue weighted by atomic mass is 15.3. The molecule has 0 spiro atoms. The lowest BCUT2D eigenvalue weighted by atomic mass is 9.74. The van der Waals surface area contributed by atoms with Crippen molar-refractivity contribution in [1.29, 1.82) is 0 Å². The summed E-state index contributed by atoms with van der Waals surface area (Å²) in [6.07, 6.45) is 8.46. The summed E-state index contributed by atoms with van der Waals surface area (Å²) in [7, 11) is 0. The number of unbranched alkanes of at least 4 members (excludes halogenated alkanes) is 1. The summed E-state index contributed by atoms with van der Waals surface area (Å²) in [5.74, 6) is 0. The molecule has 0 aliphatic carbocycles. The number of nitrogens with one attached hydrogen (secondary N) is 1. The molecule has 0 radical (unpaired) electrons. The van der Waals surface area contributed by atoms with E-state index in [4.69, 9.17) is 0 Å². The quantitative estimate of drug-likeness (QED) is 0.736. The van der Waals surface area contributed by atoms with E-state index < -0.39 is 0 Å². The zero-order valence-electron chi connectivity index (χ0n) is 9.21. The zero-order valence-corrected chi connectivity index (χ0v) is 9.21. The Labute approximate surface area is 87.0 Å². The standard InChI is InChI=1S/C12H22N2/c1-2-3-4-14-11-5-9-6-12(14)8-10(7-11)13-9/h9-13H,2-8H2,1H3. The van der Waals surface area contributed by atoms with Gasteiger partial charge in [0.2, 0.25) is 0 Å². The highest BCUT2D eigenvalue weighted by Gasteiger charge is 2.45. The maximum atomic E-state index is 3.76. The van der Waals surface area contributed by atoms with Crippen molar-refractivity contribution in [3.8, 4) is 0 Å². The highest BCUT2D eigenvalue weighted by Crippen LogP contribution is 2.38. The van der Waals surface area contributed by atoms with Gasteiger partial charge in [0.05, 0.1) is 0 Å². The molecule has 0 saturated carbocycles. The fourth-order valence-electron chi connectivity index (χ4n) is 3.85. The summed E-state index contributed by atoms with van der Waals surface area (Å²) in [4.78, 5) is 2.83. The molecule has 4 fully saturated rings. The molecule has 0 aromatic carbocycles. The van der Waals surface area contributed by atoms with Crippen LogP contribution in [0.2, 0.25) is 0 Å². The van der Waals surface area contributed by atoms with Crippen LogP contribution in [0.5, 0.6) is 0 Å². The third kappa shape index (κ3) is 1.40. The van der Waals surface area contributed by atoms with Gasteiger partial charge in [0.15, 0.2) is 0 Å². The minimum Gasteiger partial charge on any atom is -0.311 e. The van der Waals surface area contributed by atoms with Crippen molar-refractivity contribution in [2.24, 2.45) is 0 Å². The predicted molar refractivity (Wildman–Crippen MR) is 58.4 cm³/mol. The SMILES string of the molecule is CCCCN1C2CC3CC1CC(C2)N3. The molecule has 4 bridgehead atoms. The molecule has 4 aliphatic rings. The van der Waals surface area contributed by atoms with E-state index in [9.17, 15) is 0 Å². The summed E-state index contributed by atoms with van der Waals surface area (Å²) in [6.45, 7) is 3.67. The molecule has 0 amide bonds. The predicted octanol–water partition coefficient (Wildman–Crippen LogP) is 1.75. The maximum Gasteiger partial charge on any atom is 0.0128 e. The van der Waals surface area contributed by atoms with E-state index in [0.29, 0.717) is 0 Å². The first kappa shape index (κ1) is 9.17. The highest BCUT2D eigenvalue weighted by molar-refractivity contribution is 5.05. The molecule has 4 rings (SSSR count). The first-order valence-electron chi connectivity index (χ1n) is 6.38. The van der Waals surface area contributed by atoms with Gasteiger partial charge in [-0.05, 0) is 38.6 Å². The largest absolute Gasteiger partial charge is 0.311 e. The van der Waals surface area contributed by atoms with E-state index in [-0.39, 0.29) is 0 Å². The number of rotatable bonds is 3. The average molecular weight is 194 g/mol. The van der Waals surface area contributed by atoms with E-state index in [1.807, 2.05) is 0 Å². The zero-order chi connectivity index (χ0) is 9.54. The molecule has 2 nitrogen and oxygen atoms in total. The number of nitrogens with zero attached hydrogens (tertiary/aromatic N) is 1. The lowest BCUT2D eigenvalue weighted by Gasteiger charge is -2.57. The van der Waals surface area contributed by atoms with Crippen molar-refractivity contribution in [2.75, 3.05) is 6.54 Å². The molecule has 14 heavy (non-hydrogen) atoms. The second-order valence-electron chi connectivity index (χ2n) is 5.40. The lowest BCUT2D eigenvalue weighted by Crippen LogP contribution is -2.67. The topological polar surface area (TPSA) is 15.3 Å². The molecule has 1 N–H and O–H groups in total. The molecule has 0 aromatic rings. The number of piperidine rings is 4. The van der Waals surface area contributed by atoms with Gasteiger partial charge in [0.25, 0.3) is 0 Å². The van der Waals surface area contributed by atoms with Gasteiger partial charge in [-0.1, -0.05) is 13.3 Å². The Bertz CT molecular complexity index is 186. The molecule has 4 heterocycles. The van der Waals surface area contributed by atoms with Crippen LogP contribution in [-0.4, -0.2) is 35.6 Å². The smallest absolute Gasteiger partial charge is 0.0128 e. The Hall–Kier alpha value is -0.0800. The average Bonchev–Trinajstić information content (AvgIpc) is 2.15. The maximum absolute atomic E-state index is 3.76. The van der Waals surface area contributed by atoms with Gasteiger partial charge >= 0.3 is 0 Å². The summed E-state index contributed by atoms with van der Waals surface area (Å²) < 4.78 is 0. The minimum absolute atomic E-state index is 0.871. The van der Waals surface area contributed by atoms with E-state index >= 15 is 0 Å². The monoisotopic (exact) mass is 194 g/mol. The first-order chi connectivity index (χ1) is 6.86. The Balaban J connectivity index is 1.69. The molecule has 0 atom stereocenters. The van der Waals surface area contributed by atoms with Crippen molar-refractivity contribution >= 4 is 0 Å². The first-order valence-corrected chi connectivity index (χ1v) is 6.38. The summed E-state index contributed by atoms with van der Waals surface area (Å²) >= 11 is 0. The van der Waals surface area contributed by atoms with Crippen LogP contribution in [0.3, 0.4) is 0 Å². The molecule has 4 saturated heterocycles. The van der Waals surface area contributed by atoms with Crippen LogP contribution in [-0.2, 0) is 0 Å². The number of hydrogen-bond acceptors (Lipinski definition) is 2. The Morgan fingerprint density at radius 1 is 1.07 bits per heavy atom. The second-order valence-corrected chi connectivity index (χ2v) is 5.40. The Kier molecular flexibility index (Phi) is 2.29. The van der Waals surface area contributed by atoms with Crippen LogP contribution in [0, 0.1) is 0 Å². The normalized spacial score (nSPS) is 46.1. The third-order valence-electron chi connectivity index (χ3n) is 4.41. The molecular formula is C12H22N2. The van der Waals surface area contributed by atoms with Gasteiger partial charge in [-0.25, -0.2) is 0 Å². The lowest BCUT2D eigenvalue weighted by molar-refractivity contribution is -0.0308. The van der Waals surface area contributed by atoms with E-state index in [1.54, 1.807) is 0 Å². The molecule has 0 unspecified atom stereocenters. The van der Waals surface area contributed by atoms with Crippen LogP contribution >= 0.6 is 0 Å². The molecule has 2 heteroatoms. The van der Waals surface area contributed by atoms with E-state index in [0.717, 1.165) is 24.2 Å². The molecule has 0 aromatic heterocycles. The van der Waals surface area contributed by atoms with Crippen LogP contribution in [0.25, 0.3) is 0 Å². The van der Waals surface area contributed by atoms with Crippen LogP contribution < -0.4 is 5.32 Å². The Morgan fingerprint density at radius 2 is 1.64 bits per heavy atom. The van der Waals surface area contributed by atoms with Gasteiger partial charge in [-0.15, -0.1) is 0 Å². The summed E-state index contributed by atoms with van der Waals surface area (Å²) in [5.41, 5.74) is 0. The number of hydrogen-bond donors (Lipinski definition) is 1. The van der Waals surface area contributed by atoms with Crippen molar-refractivity contribution in [1.82, 2.24) is 10.2 Å². The third-order valence-corrected chi connectivity index (χ3v) is 4.41. The van der Waals surface area contributed by atoms with Crippen molar-refractivity contribution in [2.45, 2.75) is 69.6 Å². The second kappa shape index (κ2) is 3.49. The fraction of sp³-hybridized carbons (Fsp3) is 1.00. The summed E-state index contributed by atoms with van der Waals surface area (Å²) in [6, 6.07) is 3.61. The van der Waals surface area contributed by atoms with Crippen LogP contribution in [0.4, 0.5) is 0 Å². The molecular weight excluding hydrogens is 172 g/mol. The van der Waals surface area contributed by atoms with E-state index in [2.05, 4.69) is 17.1 Å². The van der Waals surface area contributed by atoms with Gasteiger partial charge in [-0.3, -0.25) is 4.90 Å². The van der Waals surface area contributed by atoms with Crippen LogP contribution in [0.15, 0.2) is 0 Å². The fourth-order valence-corrected chi connectivity index (χ4v) is 3.85. The Morgan fingerprint density at radius 3 is 2.14 bits per heavy atom. The van der Waals surface area contributed by atoms with Gasteiger partial charge in [-0.2, -0.15) is 0 Å². The van der Waals surface area contributed by atoms with Crippen molar-refractivity contribution in [3.63, 3.8) is 0 Å². The van der Waals surface area contributed by atoms with Crippen molar-refractivity contribution < 1.29 is 0 Å².